The fourth-order valence-corrected chi connectivity index (χ4v) is 4.31. The van der Waals surface area contributed by atoms with Gasteiger partial charge in [0.15, 0.2) is 9.84 Å². The molecule has 1 heterocycles. The molecule has 1 atom stereocenters. The highest BCUT2D eigenvalue weighted by molar-refractivity contribution is 7.90. The van der Waals surface area contributed by atoms with Gasteiger partial charge in [0.2, 0.25) is 5.91 Å². The van der Waals surface area contributed by atoms with Gasteiger partial charge in [0.25, 0.3) is 0 Å². The highest BCUT2D eigenvalue weighted by Gasteiger charge is 2.23. The molecule has 9 heteroatoms. The van der Waals surface area contributed by atoms with Crippen LogP contribution in [0.4, 0.5) is 14.5 Å². The number of hydrogen-bond acceptors (Lipinski definition) is 4. The second kappa shape index (κ2) is 8.77. The molecule has 1 saturated heterocycles. The lowest BCUT2D eigenvalue weighted by Gasteiger charge is -2.12. The van der Waals surface area contributed by atoms with Gasteiger partial charge in [0, 0.05) is 11.8 Å². The first-order valence-corrected chi connectivity index (χ1v) is 9.81. The van der Waals surface area contributed by atoms with Crippen molar-refractivity contribution in [1.82, 2.24) is 5.32 Å². The van der Waals surface area contributed by atoms with Crippen molar-refractivity contribution in [2.75, 3.05) is 11.9 Å². The zero-order valence-corrected chi connectivity index (χ0v) is 15.9. The molecule has 2 aromatic carbocycles. The minimum atomic E-state index is -3.99. The summed E-state index contributed by atoms with van der Waals surface area (Å²) in [5, 5.41) is 5.83. The third kappa shape index (κ3) is 5.24. The first kappa shape index (κ1) is 21.3. The van der Waals surface area contributed by atoms with Crippen LogP contribution >= 0.6 is 12.4 Å². The van der Waals surface area contributed by atoms with Crippen LogP contribution in [0.1, 0.15) is 18.4 Å². The maximum atomic E-state index is 13.8. The zero-order chi connectivity index (χ0) is 18.7. The van der Waals surface area contributed by atoms with E-state index in [1.165, 1.54) is 6.07 Å². The quantitative estimate of drug-likeness (QED) is 0.734. The standard InChI is InChI=1S/C18H18F2N2O3S.ClH/c19-13-6-7-17(15(20)10-13)26(24,25)11-12-3-1-4-14(9-12)22-18(23)16-5-2-8-21-16;/h1,3-4,6-7,9-10,16,21H,2,5,8,11H2,(H,22,23);1H. The third-order valence-corrected chi connectivity index (χ3v) is 5.87. The summed E-state index contributed by atoms with van der Waals surface area (Å²) in [5.41, 5.74) is 0.863. The van der Waals surface area contributed by atoms with Gasteiger partial charge in [0.05, 0.1) is 11.8 Å². The fourth-order valence-electron chi connectivity index (χ4n) is 2.90. The lowest BCUT2D eigenvalue weighted by Crippen LogP contribution is -2.35. The molecule has 3 rings (SSSR count). The van der Waals surface area contributed by atoms with Crippen molar-refractivity contribution in [3.05, 3.63) is 59.7 Å². The number of sulfone groups is 1. The number of carbonyl (C=O) groups is 1. The van der Waals surface area contributed by atoms with E-state index in [2.05, 4.69) is 10.6 Å². The Labute approximate surface area is 162 Å². The van der Waals surface area contributed by atoms with Crippen LogP contribution in [0.3, 0.4) is 0 Å². The van der Waals surface area contributed by atoms with Crippen LogP contribution in [0.15, 0.2) is 47.4 Å². The molecule has 1 fully saturated rings. The summed E-state index contributed by atoms with van der Waals surface area (Å²) in [6, 6.07) is 8.48. The van der Waals surface area contributed by atoms with Crippen LogP contribution in [0, 0.1) is 11.6 Å². The zero-order valence-electron chi connectivity index (χ0n) is 14.2. The summed E-state index contributed by atoms with van der Waals surface area (Å²) in [6.07, 6.45) is 1.68. The number of hydrogen-bond donors (Lipinski definition) is 2. The van der Waals surface area contributed by atoms with E-state index in [9.17, 15) is 22.0 Å². The molecule has 5 nitrogen and oxygen atoms in total. The molecule has 1 aliphatic heterocycles. The number of nitrogens with one attached hydrogen (secondary N) is 2. The van der Waals surface area contributed by atoms with E-state index in [-0.39, 0.29) is 24.4 Å². The highest BCUT2D eigenvalue weighted by Crippen LogP contribution is 2.22. The van der Waals surface area contributed by atoms with Crippen LogP contribution < -0.4 is 10.6 Å². The minimum absolute atomic E-state index is 0. The molecular weight excluding hydrogens is 398 g/mol. The van der Waals surface area contributed by atoms with Crippen LogP contribution in [0.25, 0.3) is 0 Å². The van der Waals surface area contributed by atoms with Gasteiger partial charge >= 0.3 is 0 Å². The summed E-state index contributed by atoms with van der Waals surface area (Å²) in [4.78, 5) is 11.6. The van der Waals surface area contributed by atoms with E-state index in [1.54, 1.807) is 18.2 Å². The maximum Gasteiger partial charge on any atom is 0.241 e. The number of rotatable bonds is 5. The molecule has 2 aromatic rings. The Balaban J connectivity index is 0.00000261. The monoisotopic (exact) mass is 416 g/mol. The molecule has 0 radical (unpaired) electrons. The Kier molecular flexibility index (Phi) is 6.91. The van der Waals surface area contributed by atoms with Gasteiger partial charge in [-0.05, 0) is 49.2 Å². The summed E-state index contributed by atoms with van der Waals surface area (Å²) in [6.45, 7) is 0.791. The number of anilines is 1. The third-order valence-electron chi connectivity index (χ3n) is 4.16. The molecule has 1 unspecified atom stereocenters. The number of benzene rings is 2. The summed E-state index contributed by atoms with van der Waals surface area (Å²) in [5.74, 6) is -2.60. The van der Waals surface area contributed by atoms with E-state index >= 15 is 0 Å². The Bertz CT molecular complexity index is 932. The van der Waals surface area contributed by atoms with Crippen molar-refractivity contribution in [1.29, 1.82) is 0 Å². The topological polar surface area (TPSA) is 75.3 Å². The molecule has 27 heavy (non-hydrogen) atoms. The fraction of sp³-hybridized carbons (Fsp3) is 0.278. The number of halogens is 3. The van der Waals surface area contributed by atoms with Crippen LogP contribution in [-0.2, 0) is 20.4 Å². The van der Waals surface area contributed by atoms with Crippen molar-refractivity contribution in [2.45, 2.75) is 29.5 Å². The van der Waals surface area contributed by atoms with E-state index in [1.807, 2.05) is 0 Å². The molecule has 0 aromatic heterocycles. The molecule has 1 aliphatic rings. The Morgan fingerprint density at radius 2 is 1.96 bits per heavy atom. The van der Waals surface area contributed by atoms with Gasteiger partial charge in [0.1, 0.15) is 16.5 Å². The first-order valence-electron chi connectivity index (χ1n) is 8.16. The Morgan fingerprint density at radius 1 is 1.19 bits per heavy atom. The molecule has 0 bridgehead atoms. The van der Waals surface area contributed by atoms with Gasteiger partial charge in [-0.3, -0.25) is 4.79 Å². The summed E-state index contributed by atoms with van der Waals surface area (Å²) in [7, 11) is -3.99. The Hall–Kier alpha value is -2.03. The predicted molar refractivity (Wildman–Crippen MR) is 101 cm³/mol. The van der Waals surface area contributed by atoms with Crippen molar-refractivity contribution >= 4 is 33.8 Å². The smallest absolute Gasteiger partial charge is 0.241 e. The molecular formula is C18H19ClF2N2O3S. The number of carbonyl (C=O) groups excluding carboxylic acids is 1. The van der Waals surface area contributed by atoms with Crippen LogP contribution in [0.5, 0.6) is 0 Å². The van der Waals surface area contributed by atoms with Crippen molar-refractivity contribution < 1.29 is 22.0 Å². The lowest BCUT2D eigenvalue weighted by molar-refractivity contribution is -0.117. The van der Waals surface area contributed by atoms with Crippen LogP contribution in [-0.4, -0.2) is 26.9 Å². The minimum Gasteiger partial charge on any atom is -0.325 e. The van der Waals surface area contributed by atoms with Crippen molar-refractivity contribution in [3.63, 3.8) is 0 Å². The normalized spacial score (nSPS) is 16.6. The average molecular weight is 417 g/mol. The SMILES string of the molecule is Cl.O=C(Nc1cccc(CS(=O)(=O)c2ccc(F)cc2F)c1)C1CCCN1. The van der Waals surface area contributed by atoms with Gasteiger partial charge in [-0.15, -0.1) is 12.4 Å². The first-order chi connectivity index (χ1) is 12.3. The van der Waals surface area contributed by atoms with E-state index < -0.39 is 32.1 Å². The van der Waals surface area contributed by atoms with Gasteiger partial charge in [-0.1, -0.05) is 12.1 Å². The van der Waals surface area contributed by atoms with E-state index in [0.29, 0.717) is 17.3 Å². The second-order valence-corrected chi connectivity index (χ2v) is 8.13. The largest absolute Gasteiger partial charge is 0.325 e. The van der Waals surface area contributed by atoms with Gasteiger partial charge in [-0.25, -0.2) is 17.2 Å². The predicted octanol–water partition coefficient (Wildman–Crippen LogP) is 3.05. The summed E-state index contributed by atoms with van der Waals surface area (Å²) < 4.78 is 51.6. The Morgan fingerprint density at radius 3 is 2.63 bits per heavy atom. The van der Waals surface area contributed by atoms with E-state index in [4.69, 9.17) is 0 Å². The molecule has 1 amide bonds. The number of amides is 1. The lowest BCUT2D eigenvalue weighted by atomic mass is 10.2. The van der Waals surface area contributed by atoms with Crippen LogP contribution in [0.2, 0.25) is 0 Å². The van der Waals surface area contributed by atoms with Gasteiger partial charge < -0.3 is 10.6 Å². The summed E-state index contributed by atoms with van der Waals surface area (Å²) >= 11 is 0. The maximum absolute atomic E-state index is 13.8. The molecule has 0 aliphatic carbocycles. The van der Waals surface area contributed by atoms with Crippen molar-refractivity contribution in [2.24, 2.45) is 0 Å². The average Bonchev–Trinajstić information content (AvgIpc) is 3.09. The highest BCUT2D eigenvalue weighted by atomic mass is 35.5. The molecule has 2 N–H and O–H groups in total. The van der Waals surface area contributed by atoms with Gasteiger partial charge in [-0.2, -0.15) is 0 Å². The second-order valence-electron chi connectivity index (χ2n) is 6.17. The molecule has 0 saturated carbocycles. The van der Waals surface area contributed by atoms with E-state index in [0.717, 1.165) is 31.5 Å². The van der Waals surface area contributed by atoms with Crippen molar-refractivity contribution in [3.8, 4) is 0 Å². The molecule has 0 spiro atoms. The molecule has 146 valence electrons.